The van der Waals surface area contributed by atoms with Crippen LogP contribution in [-0.4, -0.2) is 31.2 Å². The average molecular weight is 188 g/mol. The van der Waals surface area contributed by atoms with E-state index in [1.807, 2.05) is 0 Å². The predicted molar refractivity (Wildman–Crippen MR) is 50.2 cm³/mol. The number of aliphatic hydroxyl groups is 1. The highest BCUT2D eigenvalue weighted by molar-refractivity contribution is 4.82. The summed E-state index contributed by atoms with van der Waals surface area (Å²) in [7, 11) is 1.65. The molecule has 0 saturated carbocycles. The molecule has 0 aromatic heterocycles. The molecular weight excluding hydrogens is 168 g/mol. The maximum absolute atomic E-state index is 9.10. The lowest BCUT2D eigenvalue weighted by molar-refractivity contribution is -0.244. The molecule has 1 heterocycles. The zero-order valence-corrected chi connectivity index (χ0v) is 8.86. The summed E-state index contributed by atoms with van der Waals surface area (Å²) in [4.78, 5) is 0. The third kappa shape index (κ3) is 2.03. The number of aliphatic hydroxyl groups excluding tert-OH is 1. The number of methoxy groups -OCH3 is 1. The van der Waals surface area contributed by atoms with Gasteiger partial charge in [-0.25, -0.2) is 0 Å². The summed E-state index contributed by atoms with van der Waals surface area (Å²) in [5.41, 5.74) is 0. The van der Waals surface area contributed by atoms with Crippen LogP contribution in [0.4, 0.5) is 0 Å². The van der Waals surface area contributed by atoms with E-state index in [0.29, 0.717) is 17.8 Å². The van der Waals surface area contributed by atoms with E-state index >= 15 is 0 Å². The van der Waals surface area contributed by atoms with Crippen LogP contribution in [0.25, 0.3) is 0 Å². The van der Waals surface area contributed by atoms with Gasteiger partial charge in [-0.05, 0) is 11.8 Å². The van der Waals surface area contributed by atoms with Crippen molar-refractivity contribution in [3.8, 4) is 0 Å². The first kappa shape index (κ1) is 11.0. The second-order valence-corrected chi connectivity index (χ2v) is 4.04. The van der Waals surface area contributed by atoms with Gasteiger partial charge in [0.15, 0.2) is 6.29 Å². The zero-order chi connectivity index (χ0) is 10.0. The number of hydrogen-bond acceptors (Lipinski definition) is 3. The smallest absolute Gasteiger partial charge is 0.160 e. The number of hydrogen-bond donors (Lipinski definition) is 1. The minimum Gasteiger partial charge on any atom is -0.394 e. The van der Waals surface area contributed by atoms with Crippen molar-refractivity contribution in [2.45, 2.75) is 33.2 Å². The molecule has 0 aliphatic carbocycles. The molecule has 1 aliphatic heterocycles. The van der Waals surface area contributed by atoms with Gasteiger partial charge in [0.05, 0.1) is 12.7 Å². The molecule has 0 radical (unpaired) electrons. The fraction of sp³-hybridized carbons (Fsp3) is 1.00. The Hall–Kier alpha value is -0.120. The van der Waals surface area contributed by atoms with Crippen molar-refractivity contribution in [2.75, 3.05) is 13.7 Å². The van der Waals surface area contributed by atoms with E-state index in [2.05, 4.69) is 20.8 Å². The van der Waals surface area contributed by atoms with Gasteiger partial charge in [-0.2, -0.15) is 0 Å². The zero-order valence-electron chi connectivity index (χ0n) is 8.86. The Kier molecular flexibility index (Phi) is 3.71. The molecule has 0 spiro atoms. The lowest BCUT2D eigenvalue weighted by Crippen LogP contribution is -2.46. The molecule has 0 aromatic rings. The van der Waals surface area contributed by atoms with Crippen LogP contribution in [0.15, 0.2) is 0 Å². The van der Waals surface area contributed by atoms with Crippen LogP contribution in [0.2, 0.25) is 0 Å². The Balaban J connectivity index is 2.66. The van der Waals surface area contributed by atoms with Crippen molar-refractivity contribution in [1.82, 2.24) is 0 Å². The molecule has 1 aliphatic rings. The molecule has 13 heavy (non-hydrogen) atoms. The third-order valence-electron chi connectivity index (χ3n) is 3.40. The highest BCUT2D eigenvalue weighted by atomic mass is 16.7. The van der Waals surface area contributed by atoms with E-state index < -0.39 is 0 Å². The first-order valence-corrected chi connectivity index (χ1v) is 4.91. The standard InChI is InChI=1S/C10H20O3/c1-6-7(2)9(5-11)13-10(12-4)8(6)3/h6-11H,5H2,1-4H3/t6?,7-,8?,9?,10?/m1/s1. The normalized spacial score (nSPS) is 46.4. The first-order chi connectivity index (χ1) is 6.11. The van der Waals surface area contributed by atoms with Crippen molar-refractivity contribution < 1.29 is 14.6 Å². The SMILES string of the molecule is COC1OC(CO)[C@H](C)C(C)C1C. The Labute approximate surface area is 80.0 Å². The van der Waals surface area contributed by atoms with Gasteiger partial charge < -0.3 is 14.6 Å². The summed E-state index contributed by atoms with van der Waals surface area (Å²) >= 11 is 0. The number of rotatable bonds is 2. The van der Waals surface area contributed by atoms with Crippen molar-refractivity contribution in [1.29, 1.82) is 0 Å². The second-order valence-electron chi connectivity index (χ2n) is 4.04. The molecule has 1 rings (SSSR count). The second kappa shape index (κ2) is 4.40. The highest BCUT2D eigenvalue weighted by Gasteiger charge is 2.38. The van der Waals surface area contributed by atoms with E-state index in [0.717, 1.165) is 0 Å². The predicted octanol–water partition coefficient (Wildman–Crippen LogP) is 1.26. The molecule has 1 saturated heterocycles. The minimum atomic E-state index is -0.164. The molecular formula is C10H20O3. The summed E-state index contributed by atoms with van der Waals surface area (Å²) in [6.07, 6.45) is -0.237. The molecule has 0 amide bonds. The fourth-order valence-corrected chi connectivity index (χ4v) is 1.96. The van der Waals surface area contributed by atoms with Crippen molar-refractivity contribution in [3.63, 3.8) is 0 Å². The average Bonchev–Trinajstić information content (AvgIpc) is 2.15. The lowest BCUT2D eigenvalue weighted by atomic mass is 9.79. The van der Waals surface area contributed by atoms with Crippen LogP contribution in [0.3, 0.4) is 0 Å². The van der Waals surface area contributed by atoms with Gasteiger partial charge in [0.2, 0.25) is 0 Å². The van der Waals surface area contributed by atoms with Crippen molar-refractivity contribution in [3.05, 3.63) is 0 Å². The van der Waals surface area contributed by atoms with Crippen LogP contribution < -0.4 is 0 Å². The van der Waals surface area contributed by atoms with Crippen molar-refractivity contribution in [2.24, 2.45) is 17.8 Å². The quantitative estimate of drug-likeness (QED) is 0.709. The van der Waals surface area contributed by atoms with Crippen LogP contribution in [0, 0.1) is 17.8 Å². The van der Waals surface area contributed by atoms with E-state index in [9.17, 15) is 0 Å². The summed E-state index contributed by atoms with van der Waals surface area (Å²) in [6, 6.07) is 0. The molecule has 78 valence electrons. The molecule has 1 fully saturated rings. The van der Waals surface area contributed by atoms with Crippen LogP contribution in [0.1, 0.15) is 20.8 Å². The van der Waals surface area contributed by atoms with E-state index in [4.69, 9.17) is 14.6 Å². The molecule has 0 aromatic carbocycles. The summed E-state index contributed by atoms with van der Waals surface area (Å²) in [5.74, 6) is 1.31. The maximum atomic E-state index is 9.10. The van der Waals surface area contributed by atoms with Gasteiger partial charge in [0, 0.05) is 13.0 Å². The Morgan fingerprint density at radius 3 is 2.23 bits per heavy atom. The highest BCUT2D eigenvalue weighted by Crippen LogP contribution is 2.34. The van der Waals surface area contributed by atoms with Gasteiger partial charge in [-0.1, -0.05) is 20.8 Å². The van der Waals surface area contributed by atoms with Gasteiger partial charge in [-0.15, -0.1) is 0 Å². The van der Waals surface area contributed by atoms with E-state index in [1.54, 1.807) is 7.11 Å². The summed E-state index contributed by atoms with van der Waals surface area (Å²) < 4.78 is 10.8. The Morgan fingerprint density at radius 2 is 1.77 bits per heavy atom. The van der Waals surface area contributed by atoms with Crippen LogP contribution in [-0.2, 0) is 9.47 Å². The van der Waals surface area contributed by atoms with E-state index in [-0.39, 0.29) is 19.0 Å². The maximum Gasteiger partial charge on any atom is 0.160 e. The third-order valence-corrected chi connectivity index (χ3v) is 3.40. The topological polar surface area (TPSA) is 38.7 Å². The number of ether oxygens (including phenoxy) is 2. The molecule has 0 bridgehead atoms. The Morgan fingerprint density at radius 1 is 1.15 bits per heavy atom. The Bertz CT molecular complexity index is 140. The van der Waals surface area contributed by atoms with Crippen molar-refractivity contribution >= 4 is 0 Å². The minimum absolute atomic E-state index is 0.0730. The molecule has 5 atom stereocenters. The fourth-order valence-electron chi connectivity index (χ4n) is 1.96. The lowest BCUT2D eigenvalue weighted by Gasteiger charge is -2.42. The summed E-state index contributed by atoms with van der Waals surface area (Å²) in [5, 5.41) is 9.10. The van der Waals surface area contributed by atoms with Gasteiger partial charge in [0.1, 0.15) is 0 Å². The largest absolute Gasteiger partial charge is 0.394 e. The van der Waals surface area contributed by atoms with E-state index in [1.165, 1.54) is 0 Å². The van der Waals surface area contributed by atoms with Crippen LogP contribution >= 0.6 is 0 Å². The van der Waals surface area contributed by atoms with Gasteiger partial charge in [0.25, 0.3) is 0 Å². The molecule has 3 nitrogen and oxygen atoms in total. The van der Waals surface area contributed by atoms with Crippen LogP contribution in [0.5, 0.6) is 0 Å². The molecule has 3 heteroatoms. The molecule has 1 N–H and O–H groups in total. The molecule has 4 unspecified atom stereocenters. The van der Waals surface area contributed by atoms with Gasteiger partial charge >= 0.3 is 0 Å². The van der Waals surface area contributed by atoms with Gasteiger partial charge in [-0.3, -0.25) is 0 Å². The summed E-state index contributed by atoms with van der Waals surface area (Å²) in [6.45, 7) is 6.52. The monoisotopic (exact) mass is 188 g/mol. The first-order valence-electron chi connectivity index (χ1n) is 4.91.